The largest absolute Gasteiger partial charge is 0.493 e. The zero-order chi connectivity index (χ0) is 32.3. The second-order valence-electron chi connectivity index (χ2n) is 10.8. The van der Waals surface area contributed by atoms with E-state index in [4.69, 9.17) is 19.2 Å². The molecule has 0 spiro atoms. The summed E-state index contributed by atoms with van der Waals surface area (Å²) in [7, 11) is 1.60. The van der Waals surface area contributed by atoms with E-state index in [0.29, 0.717) is 38.7 Å². The normalized spacial score (nSPS) is 14.5. The molecule has 9 heteroatoms. The molecule has 7 nitrogen and oxygen atoms in total. The summed E-state index contributed by atoms with van der Waals surface area (Å²) >= 11 is 2.77. The first-order chi connectivity index (χ1) is 23.1. The Balaban J connectivity index is 1.29. The van der Waals surface area contributed by atoms with Gasteiger partial charge < -0.3 is 14.2 Å². The third-order valence-electron chi connectivity index (χ3n) is 7.93. The van der Waals surface area contributed by atoms with Gasteiger partial charge in [-0.05, 0) is 58.5 Å². The highest BCUT2D eigenvalue weighted by Crippen LogP contribution is 2.37. The molecule has 1 unspecified atom stereocenters. The van der Waals surface area contributed by atoms with Crippen LogP contribution in [0.4, 0.5) is 0 Å². The molecule has 3 heterocycles. The number of hydrogen-bond donors (Lipinski definition) is 0. The average Bonchev–Trinajstić information content (AvgIpc) is 3.75. The molecule has 1 atom stereocenters. The molecule has 7 rings (SSSR count). The van der Waals surface area contributed by atoms with E-state index < -0.39 is 12.0 Å². The number of ether oxygens (including phenoxy) is 3. The van der Waals surface area contributed by atoms with E-state index in [9.17, 15) is 9.59 Å². The number of fused-ring (bicyclic) bond motifs is 2. The van der Waals surface area contributed by atoms with E-state index >= 15 is 0 Å². The molecule has 0 fully saturated rings. The predicted molar refractivity (Wildman–Crippen MR) is 187 cm³/mol. The van der Waals surface area contributed by atoms with Crippen LogP contribution in [-0.4, -0.2) is 24.3 Å². The highest BCUT2D eigenvalue weighted by molar-refractivity contribution is 7.10. The van der Waals surface area contributed by atoms with Crippen molar-refractivity contribution in [3.05, 3.63) is 155 Å². The van der Waals surface area contributed by atoms with Crippen LogP contribution in [0.1, 0.15) is 34.5 Å². The Morgan fingerprint density at radius 2 is 1.74 bits per heavy atom. The summed E-state index contributed by atoms with van der Waals surface area (Å²) in [5, 5.41) is 4.24. The zero-order valence-corrected chi connectivity index (χ0v) is 27.3. The van der Waals surface area contributed by atoms with Crippen molar-refractivity contribution >= 4 is 51.2 Å². The minimum atomic E-state index is -0.679. The number of methoxy groups -OCH3 is 1. The lowest BCUT2D eigenvalue weighted by molar-refractivity contribution is -0.138. The van der Waals surface area contributed by atoms with Crippen molar-refractivity contribution in [3.63, 3.8) is 0 Å². The molecule has 1 aliphatic rings. The van der Waals surface area contributed by atoms with Crippen LogP contribution >= 0.6 is 22.7 Å². The number of benzene rings is 4. The van der Waals surface area contributed by atoms with Gasteiger partial charge in [0.2, 0.25) is 0 Å². The lowest BCUT2D eigenvalue weighted by Crippen LogP contribution is -2.39. The molecule has 234 valence electrons. The van der Waals surface area contributed by atoms with Crippen LogP contribution in [0, 0.1) is 0 Å². The number of esters is 1. The van der Waals surface area contributed by atoms with E-state index in [1.165, 1.54) is 22.7 Å². The molecule has 0 aliphatic carbocycles. The van der Waals surface area contributed by atoms with Gasteiger partial charge in [-0.25, -0.2) is 9.79 Å². The van der Waals surface area contributed by atoms with Gasteiger partial charge in [-0.1, -0.05) is 96.3 Å². The van der Waals surface area contributed by atoms with Gasteiger partial charge in [-0.2, -0.15) is 0 Å². The van der Waals surface area contributed by atoms with Crippen molar-refractivity contribution in [1.82, 2.24) is 4.57 Å². The molecule has 0 saturated carbocycles. The van der Waals surface area contributed by atoms with Crippen molar-refractivity contribution in [2.75, 3.05) is 13.7 Å². The fraction of sp³-hybridized carbons (Fsp3) is 0.132. The molecular weight excluding hydrogens is 629 g/mol. The molecule has 6 aromatic rings. The Morgan fingerprint density at radius 1 is 0.936 bits per heavy atom. The maximum absolute atomic E-state index is 14.1. The SMILES string of the molecule is CCOC(=O)C1=C(c2ccccc2)N=c2s/c(=C\c3ccc(OCc4cccc5ccccc45)c(OC)c3)c(=O)n2C1c1cccs1. The van der Waals surface area contributed by atoms with Crippen LogP contribution in [0.3, 0.4) is 0 Å². The number of thiazole rings is 1. The van der Waals surface area contributed by atoms with Crippen LogP contribution in [0.2, 0.25) is 0 Å². The Bertz CT molecular complexity index is 2300. The van der Waals surface area contributed by atoms with Gasteiger partial charge in [0.05, 0.1) is 29.5 Å². The van der Waals surface area contributed by atoms with Crippen molar-refractivity contribution < 1.29 is 19.0 Å². The molecule has 0 saturated heterocycles. The zero-order valence-electron chi connectivity index (χ0n) is 25.7. The van der Waals surface area contributed by atoms with E-state index in [1.54, 1.807) is 18.6 Å². The molecule has 1 aliphatic heterocycles. The van der Waals surface area contributed by atoms with Crippen LogP contribution in [0.5, 0.6) is 11.5 Å². The Labute approximate surface area is 279 Å². The minimum absolute atomic E-state index is 0.204. The first-order valence-electron chi connectivity index (χ1n) is 15.1. The molecular formula is C38H30N2O5S2. The van der Waals surface area contributed by atoms with Gasteiger partial charge in [0.1, 0.15) is 12.6 Å². The molecule has 0 N–H and O–H groups in total. The van der Waals surface area contributed by atoms with Crippen molar-refractivity contribution in [3.8, 4) is 11.5 Å². The number of carbonyl (C=O) groups excluding carboxylic acids is 1. The smallest absolute Gasteiger partial charge is 0.338 e. The van der Waals surface area contributed by atoms with Crippen LogP contribution in [0.25, 0.3) is 22.5 Å². The molecule has 0 radical (unpaired) electrons. The van der Waals surface area contributed by atoms with Gasteiger partial charge in [0.15, 0.2) is 16.3 Å². The van der Waals surface area contributed by atoms with Gasteiger partial charge in [0, 0.05) is 10.4 Å². The van der Waals surface area contributed by atoms with Crippen LogP contribution < -0.4 is 24.4 Å². The third-order valence-corrected chi connectivity index (χ3v) is 9.84. The summed E-state index contributed by atoms with van der Waals surface area (Å²) in [5.74, 6) is 0.661. The van der Waals surface area contributed by atoms with Gasteiger partial charge >= 0.3 is 5.97 Å². The van der Waals surface area contributed by atoms with E-state index in [2.05, 4.69) is 24.3 Å². The van der Waals surface area contributed by atoms with Crippen LogP contribution in [0.15, 0.2) is 124 Å². The number of thiophene rings is 1. The van der Waals surface area contributed by atoms with Crippen molar-refractivity contribution in [2.24, 2.45) is 4.99 Å². The number of aromatic nitrogens is 1. The van der Waals surface area contributed by atoms with E-state index in [0.717, 1.165) is 32.3 Å². The van der Waals surface area contributed by atoms with Gasteiger partial charge in [-0.3, -0.25) is 9.36 Å². The summed E-state index contributed by atoms with van der Waals surface area (Å²) in [6.07, 6.45) is 1.82. The monoisotopic (exact) mass is 658 g/mol. The topological polar surface area (TPSA) is 79.1 Å². The quantitative estimate of drug-likeness (QED) is 0.161. The molecule has 47 heavy (non-hydrogen) atoms. The minimum Gasteiger partial charge on any atom is -0.493 e. The average molecular weight is 659 g/mol. The standard InChI is InChI=1S/C38H30N2O5S2/c1-3-44-37(42)33-34(26-12-5-4-6-13-26)39-38-40(35(33)31-17-10-20-46-31)36(41)32(47-38)22-24-18-19-29(30(21-24)43-2)45-23-27-15-9-14-25-11-7-8-16-28(25)27/h4-22,35H,3,23H2,1-2H3/b32-22-. The first kappa shape index (κ1) is 30.4. The summed E-state index contributed by atoms with van der Waals surface area (Å²) in [6, 6.07) is 32.7. The fourth-order valence-electron chi connectivity index (χ4n) is 5.77. The second kappa shape index (κ2) is 13.2. The number of carbonyl (C=O) groups is 1. The van der Waals surface area contributed by atoms with Crippen molar-refractivity contribution in [2.45, 2.75) is 19.6 Å². The van der Waals surface area contributed by atoms with Crippen molar-refractivity contribution in [1.29, 1.82) is 0 Å². The first-order valence-corrected chi connectivity index (χ1v) is 16.8. The summed E-state index contributed by atoms with van der Waals surface area (Å²) in [6.45, 7) is 2.35. The molecule has 4 aromatic carbocycles. The Morgan fingerprint density at radius 3 is 2.53 bits per heavy atom. The molecule has 0 bridgehead atoms. The predicted octanol–water partition coefficient (Wildman–Crippen LogP) is 6.74. The fourth-order valence-corrected chi connectivity index (χ4v) is 7.60. The highest BCUT2D eigenvalue weighted by atomic mass is 32.1. The van der Waals surface area contributed by atoms with E-state index in [-0.39, 0.29) is 12.2 Å². The maximum Gasteiger partial charge on any atom is 0.338 e. The molecule has 2 aromatic heterocycles. The maximum atomic E-state index is 14.1. The van der Waals surface area contributed by atoms with Crippen LogP contribution in [-0.2, 0) is 16.1 Å². The lowest BCUT2D eigenvalue weighted by atomic mass is 9.97. The highest BCUT2D eigenvalue weighted by Gasteiger charge is 2.35. The lowest BCUT2D eigenvalue weighted by Gasteiger charge is -2.24. The van der Waals surface area contributed by atoms with Gasteiger partial charge in [0.25, 0.3) is 5.56 Å². The number of hydrogen-bond acceptors (Lipinski definition) is 8. The number of nitrogens with zero attached hydrogens (tertiary/aromatic N) is 2. The summed E-state index contributed by atoms with van der Waals surface area (Å²) in [5.41, 5.74) is 3.23. The number of rotatable bonds is 9. The Hall–Kier alpha value is -5.25. The molecule has 0 amide bonds. The summed E-state index contributed by atoms with van der Waals surface area (Å²) < 4.78 is 19.5. The summed E-state index contributed by atoms with van der Waals surface area (Å²) in [4.78, 5) is 33.9. The Kier molecular flexibility index (Phi) is 8.56. The van der Waals surface area contributed by atoms with Gasteiger partial charge in [-0.15, -0.1) is 11.3 Å². The third kappa shape index (κ3) is 5.91. The van der Waals surface area contributed by atoms with E-state index in [1.807, 2.05) is 90.3 Å². The second-order valence-corrected chi connectivity index (χ2v) is 12.8.